The average molecular weight is 331 g/mol. The number of carbonyl (C=O) groups excluding carboxylic acids is 1. The van der Waals surface area contributed by atoms with E-state index in [0.29, 0.717) is 5.56 Å². The zero-order chi connectivity index (χ0) is 17.6. The van der Waals surface area contributed by atoms with Gasteiger partial charge < -0.3 is 10.1 Å². The Kier molecular flexibility index (Phi) is 5.14. The van der Waals surface area contributed by atoms with Crippen LogP contribution in [0.5, 0.6) is 5.75 Å². The minimum absolute atomic E-state index is 0.0895. The Balaban J connectivity index is 1.92. The molecule has 3 heteroatoms. The highest BCUT2D eigenvalue weighted by Crippen LogP contribution is 2.24. The molecular formula is C22H21NO2. The molecule has 1 N–H and O–H groups in total. The summed E-state index contributed by atoms with van der Waals surface area (Å²) in [4.78, 5) is 12.7. The number of methoxy groups -OCH3 is 1. The molecule has 25 heavy (non-hydrogen) atoms. The highest BCUT2D eigenvalue weighted by molar-refractivity contribution is 5.94. The summed E-state index contributed by atoms with van der Waals surface area (Å²) in [5, 5.41) is 3.15. The molecule has 3 aromatic carbocycles. The van der Waals surface area contributed by atoms with Crippen molar-refractivity contribution in [3.05, 3.63) is 101 Å². The van der Waals surface area contributed by atoms with Gasteiger partial charge in [-0.05, 0) is 42.3 Å². The second-order valence-corrected chi connectivity index (χ2v) is 5.96. The number of hydrogen-bond donors (Lipinski definition) is 1. The van der Waals surface area contributed by atoms with E-state index in [1.54, 1.807) is 7.11 Å². The first kappa shape index (κ1) is 16.8. The molecule has 3 nitrogen and oxygen atoms in total. The Bertz CT molecular complexity index is 841. The van der Waals surface area contributed by atoms with Crippen molar-refractivity contribution >= 4 is 5.91 Å². The molecule has 0 radical (unpaired) electrons. The highest BCUT2D eigenvalue weighted by Gasteiger charge is 2.18. The third-order valence-electron chi connectivity index (χ3n) is 4.14. The summed E-state index contributed by atoms with van der Waals surface area (Å²) in [6.45, 7) is 1.98. The molecule has 0 aliphatic carbocycles. The summed E-state index contributed by atoms with van der Waals surface area (Å²) in [5.41, 5.74) is 3.77. The van der Waals surface area contributed by atoms with E-state index in [1.807, 2.05) is 85.8 Å². The van der Waals surface area contributed by atoms with Crippen LogP contribution < -0.4 is 10.1 Å². The monoisotopic (exact) mass is 331 g/mol. The maximum atomic E-state index is 12.7. The molecule has 0 aromatic heterocycles. The maximum absolute atomic E-state index is 12.7. The largest absolute Gasteiger partial charge is 0.497 e. The minimum Gasteiger partial charge on any atom is -0.497 e. The molecule has 0 aliphatic heterocycles. The van der Waals surface area contributed by atoms with Gasteiger partial charge in [-0.1, -0.05) is 60.2 Å². The van der Waals surface area contributed by atoms with Crippen molar-refractivity contribution < 1.29 is 9.53 Å². The van der Waals surface area contributed by atoms with E-state index in [2.05, 4.69) is 5.32 Å². The molecule has 0 unspecified atom stereocenters. The number of hydrogen-bond acceptors (Lipinski definition) is 2. The summed E-state index contributed by atoms with van der Waals surface area (Å²) in [6, 6.07) is 25.1. The summed E-state index contributed by atoms with van der Waals surface area (Å²) in [6.07, 6.45) is 0. The third-order valence-corrected chi connectivity index (χ3v) is 4.14. The van der Waals surface area contributed by atoms with E-state index >= 15 is 0 Å². The SMILES string of the molecule is COc1ccc([C@@H](NC(=O)c2cccc(C)c2)c2ccccc2)cc1. The zero-order valence-corrected chi connectivity index (χ0v) is 14.4. The molecular weight excluding hydrogens is 310 g/mol. The van der Waals surface area contributed by atoms with Crippen LogP contribution in [0.25, 0.3) is 0 Å². The molecule has 3 rings (SSSR count). The normalized spacial score (nSPS) is 11.6. The molecule has 3 aromatic rings. The quantitative estimate of drug-likeness (QED) is 0.746. The van der Waals surface area contributed by atoms with Gasteiger partial charge in [0.15, 0.2) is 0 Å². The van der Waals surface area contributed by atoms with Crippen LogP contribution in [0.4, 0.5) is 0 Å². The minimum atomic E-state index is -0.222. The molecule has 0 saturated heterocycles. The lowest BCUT2D eigenvalue weighted by atomic mass is 9.98. The van der Waals surface area contributed by atoms with Gasteiger partial charge in [-0.25, -0.2) is 0 Å². The number of rotatable bonds is 5. The molecule has 0 bridgehead atoms. The number of nitrogens with one attached hydrogen (secondary N) is 1. The first-order chi connectivity index (χ1) is 12.2. The Hall–Kier alpha value is -3.07. The first-order valence-corrected chi connectivity index (χ1v) is 8.24. The number of carbonyl (C=O) groups is 1. The number of amides is 1. The van der Waals surface area contributed by atoms with E-state index in [4.69, 9.17) is 4.74 Å². The molecule has 0 saturated carbocycles. The van der Waals surface area contributed by atoms with Crippen LogP contribution in [0.15, 0.2) is 78.9 Å². The smallest absolute Gasteiger partial charge is 0.252 e. The lowest BCUT2D eigenvalue weighted by Crippen LogP contribution is -2.29. The van der Waals surface area contributed by atoms with Gasteiger partial charge >= 0.3 is 0 Å². The third kappa shape index (κ3) is 4.07. The topological polar surface area (TPSA) is 38.3 Å². The van der Waals surface area contributed by atoms with Gasteiger partial charge in [0.25, 0.3) is 5.91 Å². The van der Waals surface area contributed by atoms with Gasteiger partial charge in [-0.3, -0.25) is 4.79 Å². The summed E-state index contributed by atoms with van der Waals surface area (Å²) >= 11 is 0. The molecule has 1 amide bonds. The Morgan fingerprint density at radius 3 is 2.20 bits per heavy atom. The van der Waals surface area contributed by atoms with Crippen molar-refractivity contribution in [1.82, 2.24) is 5.32 Å². The maximum Gasteiger partial charge on any atom is 0.252 e. The molecule has 0 fully saturated rings. The van der Waals surface area contributed by atoms with Gasteiger partial charge in [-0.15, -0.1) is 0 Å². The molecule has 126 valence electrons. The lowest BCUT2D eigenvalue weighted by molar-refractivity contribution is 0.0943. The fourth-order valence-electron chi connectivity index (χ4n) is 2.80. The fourth-order valence-corrected chi connectivity index (χ4v) is 2.80. The number of ether oxygens (including phenoxy) is 1. The number of aryl methyl sites for hydroxylation is 1. The van der Waals surface area contributed by atoms with E-state index < -0.39 is 0 Å². The van der Waals surface area contributed by atoms with E-state index in [-0.39, 0.29) is 11.9 Å². The van der Waals surface area contributed by atoms with Crippen LogP contribution >= 0.6 is 0 Å². The zero-order valence-electron chi connectivity index (χ0n) is 14.4. The van der Waals surface area contributed by atoms with Crippen molar-refractivity contribution in [2.24, 2.45) is 0 Å². The fraction of sp³-hybridized carbons (Fsp3) is 0.136. The lowest BCUT2D eigenvalue weighted by Gasteiger charge is -2.20. The average Bonchev–Trinajstić information content (AvgIpc) is 2.67. The van der Waals surface area contributed by atoms with Crippen LogP contribution in [-0.4, -0.2) is 13.0 Å². The van der Waals surface area contributed by atoms with Crippen LogP contribution in [0.3, 0.4) is 0 Å². The number of benzene rings is 3. The van der Waals surface area contributed by atoms with Crippen molar-refractivity contribution in [2.45, 2.75) is 13.0 Å². The van der Waals surface area contributed by atoms with Crippen molar-refractivity contribution in [1.29, 1.82) is 0 Å². The van der Waals surface area contributed by atoms with Gasteiger partial charge in [0.1, 0.15) is 5.75 Å². The first-order valence-electron chi connectivity index (χ1n) is 8.24. The Morgan fingerprint density at radius 2 is 1.56 bits per heavy atom. The highest BCUT2D eigenvalue weighted by atomic mass is 16.5. The van der Waals surface area contributed by atoms with E-state index in [9.17, 15) is 4.79 Å². The standard InChI is InChI=1S/C22H21NO2/c1-16-7-6-10-19(15-16)22(24)23-21(17-8-4-3-5-9-17)18-11-13-20(25-2)14-12-18/h3-15,21H,1-2H3,(H,23,24)/t21-/m0/s1. The molecule has 0 spiro atoms. The summed E-state index contributed by atoms with van der Waals surface area (Å²) < 4.78 is 5.23. The van der Waals surface area contributed by atoms with Crippen molar-refractivity contribution in [2.75, 3.05) is 7.11 Å². The van der Waals surface area contributed by atoms with Crippen LogP contribution in [0.2, 0.25) is 0 Å². The molecule has 0 heterocycles. The van der Waals surface area contributed by atoms with Gasteiger partial charge in [0, 0.05) is 5.56 Å². The summed E-state index contributed by atoms with van der Waals surface area (Å²) in [7, 11) is 1.64. The Morgan fingerprint density at radius 1 is 0.880 bits per heavy atom. The predicted molar refractivity (Wildman–Crippen MR) is 99.9 cm³/mol. The van der Waals surface area contributed by atoms with Crippen LogP contribution in [-0.2, 0) is 0 Å². The molecule has 0 aliphatic rings. The van der Waals surface area contributed by atoms with Crippen LogP contribution in [0, 0.1) is 6.92 Å². The van der Waals surface area contributed by atoms with Gasteiger partial charge in [0.05, 0.1) is 13.2 Å². The van der Waals surface area contributed by atoms with Crippen LogP contribution in [0.1, 0.15) is 33.1 Å². The van der Waals surface area contributed by atoms with Crippen molar-refractivity contribution in [3.8, 4) is 5.75 Å². The summed E-state index contributed by atoms with van der Waals surface area (Å²) in [5.74, 6) is 0.703. The predicted octanol–water partition coefficient (Wildman–Crippen LogP) is 4.52. The Labute approximate surface area is 148 Å². The van der Waals surface area contributed by atoms with E-state index in [1.165, 1.54) is 0 Å². The second-order valence-electron chi connectivity index (χ2n) is 5.96. The molecule has 1 atom stereocenters. The van der Waals surface area contributed by atoms with E-state index in [0.717, 1.165) is 22.4 Å². The second kappa shape index (κ2) is 7.67. The van der Waals surface area contributed by atoms with Gasteiger partial charge in [0.2, 0.25) is 0 Å². The van der Waals surface area contributed by atoms with Crippen molar-refractivity contribution in [3.63, 3.8) is 0 Å². The van der Waals surface area contributed by atoms with Gasteiger partial charge in [-0.2, -0.15) is 0 Å².